The SMILES string of the molecule is Cc1cc(OC2CC(=O)N(C)C2)cc2c1=NC(c1cc3sccc3cn1)NC=2. The van der Waals surface area contributed by atoms with Crippen LogP contribution in [0.4, 0.5) is 0 Å². The first-order valence-electron chi connectivity index (χ1n) is 9.25. The number of hydrogen-bond donors (Lipinski definition) is 1. The van der Waals surface area contributed by atoms with Crippen LogP contribution >= 0.6 is 11.3 Å². The third-order valence-corrected chi connectivity index (χ3v) is 6.09. The molecule has 5 rings (SSSR count). The molecule has 0 aliphatic carbocycles. The Morgan fingerprint density at radius 2 is 2.21 bits per heavy atom. The number of pyridine rings is 1. The lowest BCUT2D eigenvalue weighted by Crippen LogP contribution is -2.37. The Morgan fingerprint density at radius 3 is 3.04 bits per heavy atom. The van der Waals surface area contributed by atoms with Gasteiger partial charge in [0.2, 0.25) is 5.91 Å². The van der Waals surface area contributed by atoms with Crippen molar-refractivity contribution in [2.24, 2.45) is 4.99 Å². The summed E-state index contributed by atoms with van der Waals surface area (Å²) in [5.74, 6) is 0.898. The number of benzene rings is 1. The Balaban J connectivity index is 1.45. The van der Waals surface area contributed by atoms with E-state index in [0.717, 1.165) is 33.0 Å². The summed E-state index contributed by atoms with van der Waals surface area (Å²) in [5.41, 5.74) is 1.95. The number of likely N-dealkylation sites (N-methyl/N-ethyl adjacent to an activating group) is 1. The number of thiophene rings is 1. The maximum Gasteiger partial charge on any atom is 0.226 e. The molecule has 1 fully saturated rings. The number of likely N-dealkylation sites (tertiary alicyclic amines) is 1. The zero-order chi connectivity index (χ0) is 19.3. The molecule has 142 valence electrons. The molecule has 3 aromatic rings. The Kier molecular flexibility index (Phi) is 4.05. The van der Waals surface area contributed by atoms with Gasteiger partial charge in [-0.15, -0.1) is 11.3 Å². The highest BCUT2D eigenvalue weighted by molar-refractivity contribution is 7.17. The average Bonchev–Trinajstić information content (AvgIpc) is 3.27. The van der Waals surface area contributed by atoms with Crippen molar-refractivity contribution >= 4 is 33.5 Å². The molecule has 0 radical (unpaired) electrons. The molecule has 2 atom stereocenters. The van der Waals surface area contributed by atoms with E-state index >= 15 is 0 Å². The second kappa shape index (κ2) is 6.60. The van der Waals surface area contributed by atoms with Gasteiger partial charge in [-0.25, -0.2) is 0 Å². The van der Waals surface area contributed by atoms with Crippen LogP contribution in [0.2, 0.25) is 0 Å². The summed E-state index contributed by atoms with van der Waals surface area (Å²) in [5, 5.41) is 8.51. The van der Waals surface area contributed by atoms with Gasteiger partial charge in [-0.1, -0.05) is 0 Å². The van der Waals surface area contributed by atoms with E-state index in [1.165, 1.54) is 4.70 Å². The molecule has 6 nitrogen and oxygen atoms in total. The lowest BCUT2D eigenvalue weighted by Gasteiger charge is -2.18. The van der Waals surface area contributed by atoms with Crippen LogP contribution in [0.3, 0.4) is 0 Å². The van der Waals surface area contributed by atoms with Gasteiger partial charge in [-0.2, -0.15) is 0 Å². The smallest absolute Gasteiger partial charge is 0.226 e. The van der Waals surface area contributed by atoms with Crippen molar-refractivity contribution in [1.82, 2.24) is 15.2 Å². The van der Waals surface area contributed by atoms with Crippen molar-refractivity contribution < 1.29 is 9.53 Å². The second-order valence-electron chi connectivity index (χ2n) is 7.31. The van der Waals surface area contributed by atoms with Crippen molar-refractivity contribution in [2.75, 3.05) is 13.6 Å². The molecule has 2 unspecified atom stereocenters. The van der Waals surface area contributed by atoms with E-state index in [1.54, 1.807) is 16.2 Å². The summed E-state index contributed by atoms with van der Waals surface area (Å²) in [6.45, 7) is 2.66. The number of aromatic nitrogens is 1. The number of hydrogen-bond acceptors (Lipinski definition) is 6. The van der Waals surface area contributed by atoms with Gasteiger partial charge in [-0.05, 0) is 42.1 Å². The highest BCUT2D eigenvalue weighted by Gasteiger charge is 2.28. The van der Waals surface area contributed by atoms with Crippen molar-refractivity contribution in [3.8, 4) is 5.75 Å². The van der Waals surface area contributed by atoms with Crippen LogP contribution in [-0.2, 0) is 4.79 Å². The molecule has 7 heteroatoms. The first kappa shape index (κ1) is 17.2. The minimum atomic E-state index is -0.203. The van der Waals surface area contributed by atoms with E-state index < -0.39 is 0 Å². The number of fused-ring (bicyclic) bond motifs is 2. The quantitative estimate of drug-likeness (QED) is 0.739. The summed E-state index contributed by atoms with van der Waals surface area (Å²) < 4.78 is 7.26. The largest absolute Gasteiger partial charge is 0.488 e. The standard InChI is InChI=1S/C21H20N4O2S/c1-12-5-15(27-16-7-19(26)25(2)11-16)6-14-10-23-21(24-20(12)14)17-8-18-13(9-22-17)3-4-28-18/h3-6,8-10,16,21,23H,7,11H2,1-2H3. The zero-order valence-electron chi connectivity index (χ0n) is 15.7. The van der Waals surface area contributed by atoms with Crippen molar-refractivity contribution in [3.63, 3.8) is 0 Å². The van der Waals surface area contributed by atoms with Gasteiger partial charge in [0.05, 0.1) is 24.0 Å². The van der Waals surface area contributed by atoms with Crippen LogP contribution in [0.25, 0.3) is 16.3 Å². The van der Waals surface area contributed by atoms with Gasteiger partial charge in [-0.3, -0.25) is 14.8 Å². The molecule has 1 aromatic carbocycles. The summed E-state index contributed by atoms with van der Waals surface area (Å²) in [6.07, 6.45) is 4.00. The fraction of sp³-hybridized carbons (Fsp3) is 0.286. The number of rotatable bonds is 3. The van der Waals surface area contributed by atoms with E-state index in [9.17, 15) is 4.79 Å². The summed E-state index contributed by atoms with van der Waals surface area (Å²) in [4.78, 5) is 22.9. The summed E-state index contributed by atoms with van der Waals surface area (Å²) >= 11 is 1.71. The van der Waals surface area contributed by atoms with Crippen LogP contribution in [0, 0.1) is 6.92 Å². The number of nitrogens with one attached hydrogen (secondary N) is 1. The number of carbonyl (C=O) groups excluding carboxylic acids is 1. The number of ether oxygens (including phenoxy) is 1. The van der Waals surface area contributed by atoms with Crippen LogP contribution in [0.5, 0.6) is 5.75 Å². The fourth-order valence-electron chi connectivity index (χ4n) is 3.73. The molecule has 0 spiro atoms. The molecule has 2 aromatic heterocycles. The van der Waals surface area contributed by atoms with E-state index in [1.807, 2.05) is 38.5 Å². The van der Waals surface area contributed by atoms with E-state index in [-0.39, 0.29) is 18.2 Å². The highest BCUT2D eigenvalue weighted by Crippen LogP contribution is 2.24. The van der Waals surface area contributed by atoms with E-state index in [2.05, 4.69) is 27.8 Å². The first-order valence-corrected chi connectivity index (χ1v) is 10.1. The lowest BCUT2D eigenvalue weighted by molar-refractivity contribution is -0.126. The maximum atomic E-state index is 11.7. The van der Waals surface area contributed by atoms with Crippen LogP contribution < -0.4 is 20.6 Å². The predicted octanol–water partition coefficient (Wildman–Crippen LogP) is 1.87. The minimum Gasteiger partial charge on any atom is -0.488 e. The van der Waals surface area contributed by atoms with Gasteiger partial charge in [0.25, 0.3) is 0 Å². The first-order chi connectivity index (χ1) is 13.6. The van der Waals surface area contributed by atoms with Gasteiger partial charge in [0.1, 0.15) is 11.9 Å². The summed E-state index contributed by atoms with van der Waals surface area (Å²) in [6, 6.07) is 8.15. The Bertz CT molecular complexity index is 1200. The Hall–Kier alpha value is -2.93. The van der Waals surface area contributed by atoms with Gasteiger partial charge >= 0.3 is 0 Å². The van der Waals surface area contributed by atoms with Gasteiger partial charge in [0, 0.05) is 34.7 Å². The molecule has 0 bridgehead atoms. The number of aryl methyl sites for hydroxylation is 1. The molecule has 1 amide bonds. The maximum absolute atomic E-state index is 11.7. The molecular formula is C21H20N4O2S. The predicted molar refractivity (Wildman–Crippen MR) is 109 cm³/mol. The Morgan fingerprint density at radius 1 is 1.32 bits per heavy atom. The summed E-state index contributed by atoms with van der Waals surface area (Å²) in [7, 11) is 1.81. The lowest BCUT2D eigenvalue weighted by atomic mass is 10.1. The third kappa shape index (κ3) is 3.01. The van der Waals surface area contributed by atoms with Crippen molar-refractivity contribution in [1.29, 1.82) is 0 Å². The van der Waals surface area contributed by atoms with Crippen LogP contribution in [0.1, 0.15) is 23.8 Å². The third-order valence-electron chi connectivity index (χ3n) is 5.21. The van der Waals surface area contributed by atoms with Crippen molar-refractivity contribution in [3.05, 3.63) is 57.7 Å². The normalized spacial score (nSPS) is 21.1. The molecule has 1 N–H and O–H groups in total. The molecule has 4 heterocycles. The number of carbonyl (C=O) groups is 1. The second-order valence-corrected chi connectivity index (χ2v) is 8.25. The van der Waals surface area contributed by atoms with Gasteiger partial charge in [0.15, 0.2) is 6.17 Å². The Labute approximate surface area is 166 Å². The van der Waals surface area contributed by atoms with E-state index in [0.29, 0.717) is 13.0 Å². The molecule has 28 heavy (non-hydrogen) atoms. The molecular weight excluding hydrogens is 372 g/mol. The van der Waals surface area contributed by atoms with Gasteiger partial charge < -0.3 is 15.0 Å². The topological polar surface area (TPSA) is 66.8 Å². The number of amides is 1. The van der Waals surface area contributed by atoms with E-state index in [4.69, 9.17) is 9.73 Å². The van der Waals surface area contributed by atoms with Crippen LogP contribution in [0.15, 0.2) is 40.8 Å². The monoisotopic (exact) mass is 392 g/mol. The highest BCUT2D eigenvalue weighted by atomic mass is 32.1. The van der Waals surface area contributed by atoms with Crippen LogP contribution in [-0.4, -0.2) is 35.5 Å². The molecule has 2 aliphatic heterocycles. The van der Waals surface area contributed by atoms with Crippen molar-refractivity contribution in [2.45, 2.75) is 25.6 Å². The molecule has 2 aliphatic rings. The number of nitrogens with zero attached hydrogens (tertiary/aromatic N) is 3. The molecule has 1 saturated heterocycles. The molecule has 0 saturated carbocycles. The minimum absolute atomic E-state index is 0.0992. The fourth-order valence-corrected chi connectivity index (χ4v) is 4.53. The zero-order valence-corrected chi connectivity index (χ0v) is 16.5. The average molecular weight is 392 g/mol.